The molecule has 0 bridgehead atoms. The molecule has 0 amide bonds. The van der Waals surface area contributed by atoms with E-state index in [1.54, 1.807) is 6.92 Å². The fourth-order valence-electron chi connectivity index (χ4n) is 0.759. The third kappa shape index (κ3) is 5.85. The highest BCUT2D eigenvalue weighted by Crippen LogP contribution is 2.04. The topological polar surface area (TPSA) is 46.5 Å². The van der Waals surface area contributed by atoms with Gasteiger partial charge in [0, 0.05) is 13.2 Å². The first-order chi connectivity index (χ1) is 5.18. The molecule has 0 spiro atoms. The first-order valence-corrected chi connectivity index (χ1v) is 3.99. The van der Waals surface area contributed by atoms with Crippen LogP contribution in [0.1, 0.15) is 26.7 Å². The van der Waals surface area contributed by atoms with Gasteiger partial charge in [0.15, 0.2) is 0 Å². The molecule has 0 radical (unpaired) electrons. The zero-order valence-corrected chi connectivity index (χ0v) is 7.17. The van der Waals surface area contributed by atoms with Crippen LogP contribution in [0.15, 0.2) is 0 Å². The molecule has 0 aromatic rings. The number of carbonyl (C=O) groups is 1. The van der Waals surface area contributed by atoms with Crippen LogP contribution in [0.4, 0.5) is 0 Å². The predicted octanol–water partition coefficient (Wildman–Crippen LogP) is 1.52. The first-order valence-electron chi connectivity index (χ1n) is 3.99. The molecule has 0 fully saturated rings. The molecule has 0 aliphatic heterocycles. The van der Waals surface area contributed by atoms with Crippen molar-refractivity contribution in [2.45, 2.75) is 26.7 Å². The second kappa shape index (κ2) is 6.16. The van der Waals surface area contributed by atoms with Gasteiger partial charge in [-0.05, 0) is 19.8 Å². The number of ether oxygens (including phenoxy) is 1. The largest absolute Gasteiger partial charge is 0.481 e. The lowest BCUT2D eigenvalue weighted by atomic mass is 10.1. The quantitative estimate of drug-likeness (QED) is 0.599. The Labute approximate surface area is 67.4 Å². The Morgan fingerprint density at radius 2 is 2.27 bits per heavy atom. The van der Waals surface area contributed by atoms with Gasteiger partial charge in [0.25, 0.3) is 0 Å². The van der Waals surface area contributed by atoms with Crippen molar-refractivity contribution in [1.29, 1.82) is 0 Å². The average molecular weight is 160 g/mol. The van der Waals surface area contributed by atoms with Gasteiger partial charge in [0.2, 0.25) is 0 Å². The maximum absolute atomic E-state index is 10.3. The van der Waals surface area contributed by atoms with Crippen LogP contribution in [0.5, 0.6) is 0 Å². The maximum atomic E-state index is 10.3. The Morgan fingerprint density at radius 3 is 2.73 bits per heavy atom. The van der Waals surface area contributed by atoms with Crippen molar-refractivity contribution in [3.05, 3.63) is 0 Å². The smallest absolute Gasteiger partial charge is 0.306 e. The highest BCUT2D eigenvalue weighted by Gasteiger charge is 2.09. The fraction of sp³-hybridized carbons (Fsp3) is 0.875. The zero-order chi connectivity index (χ0) is 8.69. The Morgan fingerprint density at radius 1 is 1.64 bits per heavy atom. The molecular weight excluding hydrogens is 144 g/mol. The lowest BCUT2D eigenvalue weighted by Gasteiger charge is -2.04. The van der Waals surface area contributed by atoms with E-state index in [0.29, 0.717) is 19.6 Å². The van der Waals surface area contributed by atoms with Gasteiger partial charge in [-0.1, -0.05) is 6.92 Å². The van der Waals surface area contributed by atoms with E-state index in [2.05, 4.69) is 0 Å². The molecule has 1 atom stereocenters. The maximum Gasteiger partial charge on any atom is 0.306 e. The van der Waals surface area contributed by atoms with Gasteiger partial charge in [0.05, 0.1) is 5.92 Å². The van der Waals surface area contributed by atoms with Crippen molar-refractivity contribution in [1.82, 2.24) is 0 Å². The van der Waals surface area contributed by atoms with Gasteiger partial charge in [-0.2, -0.15) is 0 Å². The molecule has 0 heterocycles. The summed E-state index contributed by atoms with van der Waals surface area (Å²) in [5.41, 5.74) is 0. The molecule has 0 saturated heterocycles. The second-order valence-electron chi connectivity index (χ2n) is 2.58. The van der Waals surface area contributed by atoms with Gasteiger partial charge in [-0.25, -0.2) is 0 Å². The molecule has 0 aromatic carbocycles. The highest BCUT2D eigenvalue weighted by molar-refractivity contribution is 5.69. The van der Waals surface area contributed by atoms with E-state index >= 15 is 0 Å². The predicted molar refractivity (Wildman–Crippen MR) is 42.5 cm³/mol. The SMILES string of the molecule is CCOCCCC(C)C(=O)O. The van der Waals surface area contributed by atoms with Gasteiger partial charge in [-0.15, -0.1) is 0 Å². The molecule has 66 valence electrons. The molecule has 0 aliphatic rings. The normalized spacial score (nSPS) is 12.9. The lowest BCUT2D eigenvalue weighted by molar-refractivity contribution is -0.141. The standard InChI is InChI=1S/C8H16O3/c1-3-11-6-4-5-7(2)8(9)10/h7H,3-6H2,1-2H3,(H,9,10). The molecule has 0 saturated carbocycles. The zero-order valence-electron chi connectivity index (χ0n) is 7.17. The Kier molecular flexibility index (Phi) is 5.84. The van der Waals surface area contributed by atoms with E-state index in [-0.39, 0.29) is 5.92 Å². The molecule has 3 heteroatoms. The van der Waals surface area contributed by atoms with E-state index in [1.807, 2.05) is 6.92 Å². The number of hydrogen-bond acceptors (Lipinski definition) is 2. The van der Waals surface area contributed by atoms with Crippen molar-refractivity contribution in [3.63, 3.8) is 0 Å². The monoisotopic (exact) mass is 160 g/mol. The summed E-state index contributed by atoms with van der Waals surface area (Å²) in [6.07, 6.45) is 1.54. The van der Waals surface area contributed by atoms with Gasteiger partial charge < -0.3 is 9.84 Å². The Balaban J connectivity index is 3.17. The highest BCUT2D eigenvalue weighted by atomic mass is 16.5. The number of aliphatic carboxylic acids is 1. The van der Waals surface area contributed by atoms with E-state index < -0.39 is 5.97 Å². The Hall–Kier alpha value is -0.570. The average Bonchev–Trinajstić information content (AvgIpc) is 1.97. The number of rotatable bonds is 6. The summed E-state index contributed by atoms with van der Waals surface area (Å²) < 4.78 is 5.07. The third-order valence-electron chi connectivity index (χ3n) is 1.55. The third-order valence-corrected chi connectivity index (χ3v) is 1.55. The Bertz CT molecular complexity index is 112. The summed E-state index contributed by atoms with van der Waals surface area (Å²) in [6.45, 7) is 5.03. The molecule has 1 unspecified atom stereocenters. The van der Waals surface area contributed by atoms with Crippen LogP contribution in [0.2, 0.25) is 0 Å². The van der Waals surface area contributed by atoms with Crippen LogP contribution >= 0.6 is 0 Å². The van der Waals surface area contributed by atoms with E-state index in [4.69, 9.17) is 9.84 Å². The summed E-state index contributed by atoms with van der Waals surface area (Å²) in [5.74, 6) is -0.961. The molecule has 0 aliphatic carbocycles. The fourth-order valence-corrected chi connectivity index (χ4v) is 0.759. The van der Waals surface area contributed by atoms with Crippen molar-refractivity contribution >= 4 is 5.97 Å². The summed E-state index contributed by atoms with van der Waals surface area (Å²) in [7, 11) is 0. The van der Waals surface area contributed by atoms with Gasteiger partial charge >= 0.3 is 5.97 Å². The minimum atomic E-state index is -0.721. The lowest BCUT2D eigenvalue weighted by Crippen LogP contribution is -2.10. The summed E-state index contributed by atoms with van der Waals surface area (Å²) >= 11 is 0. The van der Waals surface area contributed by atoms with Crippen LogP contribution in [0.25, 0.3) is 0 Å². The molecule has 3 nitrogen and oxygen atoms in total. The molecular formula is C8H16O3. The number of carboxylic acids is 1. The van der Waals surface area contributed by atoms with E-state index in [9.17, 15) is 4.79 Å². The van der Waals surface area contributed by atoms with Crippen LogP contribution in [-0.4, -0.2) is 24.3 Å². The van der Waals surface area contributed by atoms with Crippen LogP contribution < -0.4 is 0 Å². The first kappa shape index (κ1) is 10.4. The van der Waals surface area contributed by atoms with Gasteiger partial charge in [0.1, 0.15) is 0 Å². The summed E-state index contributed by atoms with van der Waals surface area (Å²) in [4.78, 5) is 10.3. The molecule has 0 aromatic heterocycles. The van der Waals surface area contributed by atoms with Crippen molar-refractivity contribution in [2.75, 3.05) is 13.2 Å². The molecule has 1 N–H and O–H groups in total. The number of hydrogen-bond donors (Lipinski definition) is 1. The number of carboxylic acid groups (broad SMARTS) is 1. The van der Waals surface area contributed by atoms with Crippen molar-refractivity contribution in [3.8, 4) is 0 Å². The van der Waals surface area contributed by atoms with Crippen molar-refractivity contribution in [2.24, 2.45) is 5.92 Å². The van der Waals surface area contributed by atoms with Crippen LogP contribution in [0.3, 0.4) is 0 Å². The summed E-state index contributed by atoms with van der Waals surface area (Å²) in [5, 5.41) is 8.50. The summed E-state index contributed by atoms with van der Waals surface area (Å²) in [6, 6.07) is 0. The van der Waals surface area contributed by atoms with Crippen molar-refractivity contribution < 1.29 is 14.6 Å². The minimum absolute atomic E-state index is 0.240. The minimum Gasteiger partial charge on any atom is -0.481 e. The molecule has 0 rings (SSSR count). The van der Waals surface area contributed by atoms with E-state index in [0.717, 1.165) is 6.42 Å². The van der Waals surface area contributed by atoms with Crippen LogP contribution in [0, 0.1) is 5.92 Å². The molecule has 11 heavy (non-hydrogen) atoms. The van der Waals surface area contributed by atoms with E-state index in [1.165, 1.54) is 0 Å². The van der Waals surface area contributed by atoms with Crippen LogP contribution in [-0.2, 0) is 9.53 Å². The van der Waals surface area contributed by atoms with Gasteiger partial charge in [-0.3, -0.25) is 4.79 Å². The second-order valence-corrected chi connectivity index (χ2v) is 2.58.